The summed E-state index contributed by atoms with van der Waals surface area (Å²) in [6, 6.07) is 16.1. The van der Waals surface area contributed by atoms with Crippen LogP contribution in [0.1, 0.15) is 29.7 Å². The summed E-state index contributed by atoms with van der Waals surface area (Å²) in [4.78, 5) is 17.8. The largest absolute Gasteiger partial charge is 0.507 e. The van der Waals surface area contributed by atoms with E-state index < -0.39 is 0 Å². The van der Waals surface area contributed by atoms with Gasteiger partial charge in [-0.05, 0) is 69.1 Å². The van der Waals surface area contributed by atoms with Crippen LogP contribution >= 0.6 is 12.4 Å². The quantitative estimate of drug-likeness (QED) is 0.415. The molecule has 4 nitrogen and oxygen atoms in total. The van der Waals surface area contributed by atoms with E-state index in [1.54, 1.807) is 6.07 Å². The van der Waals surface area contributed by atoms with Crippen molar-refractivity contribution in [2.24, 2.45) is 0 Å². The van der Waals surface area contributed by atoms with Crippen molar-refractivity contribution in [1.82, 2.24) is 9.88 Å². The molecule has 0 fully saturated rings. The topological polar surface area (TPSA) is 56.3 Å². The number of rotatable bonds is 3. The Balaban J connectivity index is 0.00000256. The van der Waals surface area contributed by atoms with E-state index in [1.807, 2.05) is 44.2 Å². The van der Waals surface area contributed by atoms with E-state index in [-0.39, 0.29) is 23.7 Å². The molecular formula is C25H27ClN2O2. The monoisotopic (exact) mass is 422 g/mol. The normalized spacial score (nSPS) is 12.3. The third-order valence-corrected chi connectivity index (χ3v) is 5.89. The number of aromatic hydroxyl groups is 1. The Morgan fingerprint density at radius 3 is 2.27 bits per heavy atom. The number of aromatic nitrogens is 1. The summed E-state index contributed by atoms with van der Waals surface area (Å²) in [6.07, 6.45) is 0. The number of hydrogen-bond acceptors (Lipinski definition) is 3. The van der Waals surface area contributed by atoms with Gasteiger partial charge in [-0.15, -0.1) is 12.4 Å². The zero-order chi connectivity index (χ0) is 20.9. The van der Waals surface area contributed by atoms with Gasteiger partial charge >= 0.3 is 0 Å². The number of H-pyrrole nitrogens is 1. The van der Waals surface area contributed by atoms with Crippen LogP contribution in [0.15, 0.2) is 53.3 Å². The molecule has 4 rings (SSSR count). The number of fused-ring (bicyclic) bond motifs is 3. The van der Waals surface area contributed by atoms with E-state index >= 15 is 0 Å². The molecule has 3 aromatic carbocycles. The highest BCUT2D eigenvalue weighted by atomic mass is 35.5. The van der Waals surface area contributed by atoms with Gasteiger partial charge in [0.25, 0.3) is 5.56 Å². The molecule has 5 heteroatoms. The standard InChI is InChI=1S/C25H26N2O2.ClH/c1-14-6-11-19-20(12-14)23-22(21(28)13-15(2)24(23)26-25(19)29)18-9-7-17(8-10-18)16(3)27(4)5;/h6-13,16,28H,1-5H3,(H,26,29);1H/t16-;/m1./s1. The van der Waals surface area contributed by atoms with E-state index in [0.29, 0.717) is 11.4 Å². The van der Waals surface area contributed by atoms with Gasteiger partial charge in [0, 0.05) is 22.4 Å². The average molecular weight is 423 g/mol. The van der Waals surface area contributed by atoms with Crippen LogP contribution in [0.5, 0.6) is 5.75 Å². The molecule has 0 radical (unpaired) electrons. The second-order valence-electron chi connectivity index (χ2n) is 8.10. The molecule has 0 aliphatic carbocycles. The number of hydrogen-bond donors (Lipinski definition) is 2. The number of benzene rings is 3. The highest BCUT2D eigenvalue weighted by molar-refractivity contribution is 6.15. The number of pyridine rings is 1. The first-order valence-corrected chi connectivity index (χ1v) is 9.83. The molecule has 1 atom stereocenters. The van der Waals surface area contributed by atoms with Crippen LogP contribution in [0, 0.1) is 13.8 Å². The van der Waals surface area contributed by atoms with Gasteiger partial charge in [0.1, 0.15) is 5.75 Å². The molecule has 30 heavy (non-hydrogen) atoms. The fraction of sp³-hybridized carbons (Fsp3) is 0.240. The van der Waals surface area contributed by atoms with Gasteiger partial charge in [0.05, 0.1) is 5.52 Å². The van der Waals surface area contributed by atoms with E-state index in [4.69, 9.17) is 0 Å². The molecule has 0 aliphatic rings. The Kier molecular flexibility index (Phi) is 5.93. The van der Waals surface area contributed by atoms with Crippen LogP contribution in [0.25, 0.3) is 32.8 Å². The Labute approximate surface area is 182 Å². The van der Waals surface area contributed by atoms with E-state index in [0.717, 1.165) is 38.5 Å². The zero-order valence-electron chi connectivity index (χ0n) is 17.9. The van der Waals surface area contributed by atoms with Gasteiger partial charge in [-0.1, -0.05) is 42.0 Å². The van der Waals surface area contributed by atoms with Crippen molar-refractivity contribution in [2.75, 3.05) is 14.1 Å². The fourth-order valence-corrected chi connectivity index (χ4v) is 3.99. The van der Waals surface area contributed by atoms with Crippen molar-refractivity contribution < 1.29 is 5.11 Å². The Bertz CT molecular complexity index is 1290. The SMILES string of the molecule is Cc1ccc2c(=O)[nH]c3c(C)cc(O)c(-c4ccc([C@@H](C)N(C)C)cc4)c3c2c1.Cl. The van der Waals surface area contributed by atoms with Crippen molar-refractivity contribution in [3.05, 3.63) is 75.6 Å². The average Bonchev–Trinajstić information content (AvgIpc) is 2.68. The predicted molar refractivity (Wildman–Crippen MR) is 128 cm³/mol. The minimum atomic E-state index is -0.109. The molecule has 0 spiro atoms. The number of phenols is 1. The third-order valence-electron chi connectivity index (χ3n) is 5.89. The van der Waals surface area contributed by atoms with Gasteiger partial charge in [-0.2, -0.15) is 0 Å². The highest BCUT2D eigenvalue weighted by Gasteiger charge is 2.17. The molecule has 0 bridgehead atoms. The van der Waals surface area contributed by atoms with Crippen LogP contribution in [0.2, 0.25) is 0 Å². The first-order chi connectivity index (χ1) is 13.8. The van der Waals surface area contributed by atoms with E-state index in [2.05, 4.69) is 43.0 Å². The Hall–Kier alpha value is -2.82. The summed E-state index contributed by atoms with van der Waals surface area (Å²) < 4.78 is 0. The van der Waals surface area contributed by atoms with E-state index in [1.165, 1.54) is 5.56 Å². The zero-order valence-corrected chi connectivity index (χ0v) is 18.7. The molecule has 4 aromatic rings. The molecule has 156 valence electrons. The number of aryl methyl sites for hydroxylation is 2. The second-order valence-corrected chi connectivity index (χ2v) is 8.10. The molecule has 1 aromatic heterocycles. The van der Waals surface area contributed by atoms with Gasteiger partial charge in [-0.3, -0.25) is 4.79 Å². The van der Waals surface area contributed by atoms with Crippen LogP contribution < -0.4 is 5.56 Å². The van der Waals surface area contributed by atoms with Crippen LogP contribution in [0.3, 0.4) is 0 Å². The summed E-state index contributed by atoms with van der Waals surface area (Å²) >= 11 is 0. The minimum Gasteiger partial charge on any atom is -0.507 e. The lowest BCUT2D eigenvalue weighted by Crippen LogP contribution is -2.16. The van der Waals surface area contributed by atoms with Gasteiger partial charge in [-0.25, -0.2) is 0 Å². The van der Waals surface area contributed by atoms with E-state index in [9.17, 15) is 9.90 Å². The third kappa shape index (κ3) is 3.57. The lowest BCUT2D eigenvalue weighted by atomic mass is 9.92. The maximum absolute atomic E-state index is 12.6. The molecule has 0 saturated carbocycles. The van der Waals surface area contributed by atoms with Gasteiger partial charge in [0.2, 0.25) is 0 Å². The fourth-order valence-electron chi connectivity index (χ4n) is 3.99. The van der Waals surface area contributed by atoms with Crippen molar-refractivity contribution in [3.63, 3.8) is 0 Å². The van der Waals surface area contributed by atoms with Crippen molar-refractivity contribution in [3.8, 4) is 16.9 Å². The molecule has 0 amide bonds. The lowest BCUT2D eigenvalue weighted by molar-refractivity contribution is 0.321. The number of nitrogens with zero attached hydrogens (tertiary/aromatic N) is 1. The number of phenolic OH excluding ortho intramolecular Hbond substituents is 1. The molecule has 0 aliphatic heterocycles. The molecule has 1 heterocycles. The number of nitrogens with one attached hydrogen (secondary N) is 1. The first-order valence-electron chi connectivity index (χ1n) is 9.83. The maximum Gasteiger partial charge on any atom is 0.256 e. The van der Waals surface area contributed by atoms with Crippen molar-refractivity contribution >= 4 is 34.1 Å². The maximum atomic E-state index is 12.6. The Morgan fingerprint density at radius 1 is 0.967 bits per heavy atom. The van der Waals surface area contributed by atoms with Crippen LogP contribution in [0.4, 0.5) is 0 Å². The van der Waals surface area contributed by atoms with Gasteiger partial charge in [0.15, 0.2) is 0 Å². The Morgan fingerprint density at radius 2 is 1.63 bits per heavy atom. The summed E-state index contributed by atoms with van der Waals surface area (Å²) in [5.41, 5.74) is 5.47. The minimum absolute atomic E-state index is 0. The summed E-state index contributed by atoms with van der Waals surface area (Å²) in [6.45, 7) is 6.08. The lowest BCUT2D eigenvalue weighted by Gasteiger charge is -2.20. The van der Waals surface area contributed by atoms with Crippen LogP contribution in [-0.2, 0) is 0 Å². The first kappa shape index (κ1) is 21.9. The number of aromatic amines is 1. The summed E-state index contributed by atoms with van der Waals surface area (Å²) in [7, 11) is 4.12. The van der Waals surface area contributed by atoms with Crippen molar-refractivity contribution in [1.29, 1.82) is 0 Å². The van der Waals surface area contributed by atoms with Gasteiger partial charge < -0.3 is 15.0 Å². The summed E-state index contributed by atoms with van der Waals surface area (Å²) in [5.74, 6) is 0.221. The van der Waals surface area contributed by atoms with Crippen molar-refractivity contribution in [2.45, 2.75) is 26.8 Å². The summed E-state index contributed by atoms with van der Waals surface area (Å²) in [5, 5.41) is 13.3. The molecule has 0 unspecified atom stereocenters. The number of halogens is 1. The predicted octanol–water partition coefficient (Wildman–Crippen LogP) is 5.72. The molecule has 2 N–H and O–H groups in total. The molecular weight excluding hydrogens is 396 g/mol. The second kappa shape index (κ2) is 8.13. The highest BCUT2D eigenvalue weighted by Crippen LogP contribution is 2.40. The molecule has 0 saturated heterocycles. The smallest absolute Gasteiger partial charge is 0.256 e. The van der Waals surface area contributed by atoms with Crippen LogP contribution in [-0.4, -0.2) is 29.1 Å².